The number of benzene rings is 1. The highest BCUT2D eigenvalue weighted by molar-refractivity contribution is 7.91. The maximum Gasteiger partial charge on any atom is 0.228 e. The van der Waals surface area contributed by atoms with Gasteiger partial charge in [-0.2, -0.15) is 0 Å². The summed E-state index contributed by atoms with van der Waals surface area (Å²) in [5, 5.41) is 2.80. The summed E-state index contributed by atoms with van der Waals surface area (Å²) in [6.45, 7) is 0. The molecule has 2 aliphatic rings. The Kier molecular flexibility index (Phi) is 4.73. The SMILES string of the molecule is COc1ccc(NC(=O)C2CC2C(=O)N(C)C2CCS(=O)(=O)C2)cc1. The highest BCUT2D eigenvalue weighted by Gasteiger charge is 2.50. The van der Waals surface area contributed by atoms with E-state index in [2.05, 4.69) is 5.32 Å². The fraction of sp³-hybridized carbons (Fsp3) is 0.529. The van der Waals surface area contributed by atoms with E-state index < -0.39 is 9.84 Å². The summed E-state index contributed by atoms with van der Waals surface area (Å²) in [7, 11) is 0.160. The molecule has 2 fully saturated rings. The Morgan fingerprint density at radius 3 is 2.44 bits per heavy atom. The molecule has 3 atom stereocenters. The van der Waals surface area contributed by atoms with Gasteiger partial charge < -0.3 is 15.0 Å². The van der Waals surface area contributed by atoms with Crippen molar-refractivity contribution in [2.45, 2.75) is 18.9 Å². The molecule has 1 aliphatic carbocycles. The third-order valence-corrected chi connectivity index (χ3v) is 6.66. The zero-order chi connectivity index (χ0) is 18.2. The number of hydrogen-bond donors (Lipinski definition) is 1. The molecule has 1 saturated carbocycles. The number of rotatable bonds is 5. The van der Waals surface area contributed by atoms with E-state index in [0.717, 1.165) is 0 Å². The molecule has 2 amide bonds. The standard InChI is InChI=1S/C17H22N2O5S/c1-19(12-7-8-25(22,23)10-12)17(21)15-9-14(15)16(20)18-11-3-5-13(24-2)6-4-11/h3-6,12,14-15H,7-10H2,1-2H3,(H,18,20). The molecule has 3 unspecified atom stereocenters. The minimum atomic E-state index is -3.04. The van der Waals surface area contributed by atoms with Crippen molar-refractivity contribution < 1.29 is 22.7 Å². The predicted octanol–water partition coefficient (Wildman–Crippen LogP) is 0.915. The van der Waals surface area contributed by atoms with Crippen molar-refractivity contribution in [2.24, 2.45) is 11.8 Å². The highest BCUT2D eigenvalue weighted by atomic mass is 32.2. The van der Waals surface area contributed by atoms with E-state index in [4.69, 9.17) is 4.74 Å². The summed E-state index contributed by atoms with van der Waals surface area (Å²) in [6, 6.07) is 6.71. The number of nitrogens with one attached hydrogen (secondary N) is 1. The molecule has 0 radical (unpaired) electrons. The number of ether oxygens (including phenoxy) is 1. The second kappa shape index (κ2) is 6.67. The fourth-order valence-corrected chi connectivity index (χ4v) is 4.96. The van der Waals surface area contributed by atoms with Crippen LogP contribution in [-0.2, 0) is 19.4 Å². The molecular formula is C17H22N2O5S. The van der Waals surface area contributed by atoms with Gasteiger partial charge in [0.15, 0.2) is 9.84 Å². The fourth-order valence-electron chi connectivity index (χ4n) is 3.19. The lowest BCUT2D eigenvalue weighted by molar-refractivity contribution is -0.134. The molecule has 136 valence electrons. The maximum atomic E-state index is 12.5. The quantitative estimate of drug-likeness (QED) is 0.836. The third kappa shape index (κ3) is 3.95. The molecule has 3 rings (SSSR count). The van der Waals surface area contributed by atoms with Crippen molar-refractivity contribution in [1.29, 1.82) is 0 Å². The van der Waals surface area contributed by atoms with Crippen molar-refractivity contribution in [3.63, 3.8) is 0 Å². The number of sulfone groups is 1. The topological polar surface area (TPSA) is 92.8 Å². The van der Waals surface area contributed by atoms with E-state index in [1.807, 2.05) is 0 Å². The van der Waals surface area contributed by atoms with E-state index in [1.54, 1.807) is 38.4 Å². The Labute approximate surface area is 147 Å². The van der Waals surface area contributed by atoms with Crippen molar-refractivity contribution in [3.8, 4) is 5.75 Å². The van der Waals surface area contributed by atoms with Gasteiger partial charge in [0.05, 0.1) is 30.5 Å². The Morgan fingerprint density at radius 1 is 1.20 bits per heavy atom. The predicted molar refractivity (Wildman–Crippen MR) is 93.0 cm³/mol. The number of hydrogen-bond acceptors (Lipinski definition) is 5. The molecule has 1 aliphatic heterocycles. The van der Waals surface area contributed by atoms with E-state index in [-0.39, 0.29) is 41.2 Å². The Bertz CT molecular complexity index is 775. The first-order valence-corrected chi connectivity index (χ1v) is 10.0. The molecular weight excluding hydrogens is 344 g/mol. The third-order valence-electron chi connectivity index (χ3n) is 4.91. The van der Waals surface area contributed by atoms with E-state index in [1.165, 1.54) is 4.90 Å². The van der Waals surface area contributed by atoms with Crippen LogP contribution in [-0.4, -0.2) is 56.8 Å². The lowest BCUT2D eigenvalue weighted by atomic mass is 10.2. The van der Waals surface area contributed by atoms with Crippen LogP contribution in [0.15, 0.2) is 24.3 Å². The maximum absolute atomic E-state index is 12.5. The number of amides is 2. The van der Waals surface area contributed by atoms with Gasteiger partial charge in [0, 0.05) is 18.8 Å². The summed E-state index contributed by atoms with van der Waals surface area (Å²) in [5.74, 6) is -0.188. The smallest absolute Gasteiger partial charge is 0.228 e. The molecule has 1 heterocycles. The normalized spacial score (nSPS) is 26.7. The lowest BCUT2D eigenvalue weighted by Crippen LogP contribution is -2.39. The van der Waals surface area contributed by atoms with Gasteiger partial charge in [0.1, 0.15) is 5.75 Å². The van der Waals surface area contributed by atoms with Crippen LogP contribution in [0.1, 0.15) is 12.8 Å². The molecule has 0 spiro atoms. The Hall–Kier alpha value is -2.09. The average Bonchev–Trinajstić information content (AvgIpc) is 3.31. The monoisotopic (exact) mass is 366 g/mol. The van der Waals surface area contributed by atoms with Gasteiger partial charge in [-0.1, -0.05) is 0 Å². The minimum absolute atomic E-state index is 0.0185. The summed E-state index contributed by atoms with van der Waals surface area (Å²) in [5.41, 5.74) is 0.652. The molecule has 0 aromatic heterocycles. The van der Waals surface area contributed by atoms with Gasteiger partial charge in [-0.15, -0.1) is 0 Å². The molecule has 8 heteroatoms. The van der Waals surface area contributed by atoms with Gasteiger partial charge in [-0.3, -0.25) is 9.59 Å². The molecule has 25 heavy (non-hydrogen) atoms. The summed E-state index contributed by atoms with van der Waals surface area (Å²) < 4.78 is 28.2. The molecule has 7 nitrogen and oxygen atoms in total. The number of methoxy groups -OCH3 is 1. The Morgan fingerprint density at radius 2 is 1.88 bits per heavy atom. The van der Waals surface area contributed by atoms with Crippen LogP contribution in [0, 0.1) is 11.8 Å². The van der Waals surface area contributed by atoms with Gasteiger partial charge in [0.2, 0.25) is 11.8 Å². The van der Waals surface area contributed by atoms with Crippen LogP contribution in [0.5, 0.6) is 5.75 Å². The summed E-state index contributed by atoms with van der Waals surface area (Å²) >= 11 is 0. The summed E-state index contributed by atoms with van der Waals surface area (Å²) in [4.78, 5) is 26.3. The van der Waals surface area contributed by atoms with Gasteiger partial charge in [-0.25, -0.2) is 8.42 Å². The zero-order valence-electron chi connectivity index (χ0n) is 14.3. The second-order valence-electron chi connectivity index (χ2n) is 6.67. The van der Waals surface area contributed by atoms with Gasteiger partial charge in [-0.05, 0) is 37.1 Å². The first kappa shape index (κ1) is 17.7. The Balaban J connectivity index is 1.54. The van der Waals surface area contributed by atoms with Crippen molar-refractivity contribution in [1.82, 2.24) is 4.90 Å². The number of carbonyl (C=O) groups excluding carboxylic acids is 2. The highest BCUT2D eigenvalue weighted by Crippen LogP contribution is 2.41. The van der Waals surface area contributed by atoms with Crippen molar-refractivity contribution >= 4 is 27.3 Å². The van der Waals surface area contributed by atoms with Crippen molar-refractivity contribution in [2.75, 3.05) is 31.0 Å². The number of anilines is 1. The first-order chi connectivity index (χ1) is 11.8. The van der Waals surface area contributed by atoms with Crippen LogP contribution in [0.25, 0.3) is 0 Å². The molecule has 0 bridgehead atoms. The van der Waals surface area contributed by atoms with Gasteiger partial charge >= 0.3 is 0 Å². The van der Waals surface area contributed by atoms with Crippen LogP contribution in [0.2, 0.25) is 0 Å². The molecule has 1 saturated heterocycles. The second-order valence-corrected chi connectivity index (χ2v) is 8.90. The molecule has 1 aromatic rings. The van der Waals surface area contributed by atoms with Crippen LogP contribution in [0.3, 0.4) is 0 Å². The zero-order valence-corrected chi connectivity index (χ0v) is 15.1. The summed E-state index contributed by atoms with van der Waals surface area (Å²) in [6.07, 6.45) is 0.977. The van der Waals surface area contributed by atoms with Gasteiger partial charge in [0.25, 0.3) is 0 Å². The molecule has 1 N–H and O–H groups in total. The van der Waals surface area contributed by atoms with E-state index in [0.29, 0.717) is 24.3 Å². The van der Waals surface area contributed by atoms with E-state index in [9.17, 15) is 18.0 Å². The van der Waals surface area contributed by atoms with Crippen LogP contribution < -0.4 is 10.1 Å². The molecule has 1 aromatic carbocycles. The largest absolute Gasteiger partial charge is 0.497 e. The average molecular weight is 366 g/mol. The minimum Gasteiger partial charge on any atom is -0.497 e. The lowest BCUT2D eigenvalue weighted by Gasteiger charge is -2.23. The van der Waals surface area contributed by atoms with E-state index >= 15 is 0 Å². The van der Waals surface area contributed by atoms with Crippen LogP contribution in [0.4, 0.5) is 5.69 Å². The van der Waals surface area contributed by atoms with Crippen molar-refractivity contribution in [3.05, 3.63) is 24.3 Å². The van der Waals surface area contributed by atoms with Crippen LogP contribution >= 0.6 is 0 Å². The first-order valence-electron chi connectivity index (χ1n) is 8.23. The number of carbonyl (C=O) groups is 2. The number of nitrogens with zero attached hydrogens (tertiary/aromatic N) is 1.